The zero-order valence-electron chi connectivity index (χ0n) is 12.9. The number of nitrogens with one attached hydrogen (secondary N) is 1. The number of hydrogen-bond donors (Lipinski definition) is 2. The number of aliphatic carboxylic acids is 1. The summed E-state index contributed by atoms with van der Waals surface area (Å²) in [6, 6.07) is -0.0205. The van der Waals surface area contributed by atoms with Crippen molar-refractivity contribution in [3.05, 3.63) is 0 Å². The van der Waals surface area contributed by atoms with Crippen molar-refractivity contribution in [3.8, 4) is 0 Å². The number of carboxylic acids is 1. The van der Waals surface area contributed by atoms with Crippen LogP contribution in [-0.4, -0.2) is 51.6 Å². The van der Waals surface area contributed by atoms with Crippen LogP contribution in [0.4, 0.5) is 4.79 Å². The normalized spacial score (nSPS) is 33.0. The van der Waals surface area contributed by atoms with Gasteiger partial charge in [-0.3, -0.25) is 0 Å². The molecule has 120 valence electrons. The third-order valence-electron chi connectivity index (χ3n) is 5.03. The van der Waals surface area contributed by atoms with Gasteiger partial charge in [-0.05, 0) is 38.4 Å². The average Bonchev–Trinajstić information content (AvgIpc) is 2.93. The monoisotopic (exact) mass is 314 g/mol. The molecule has 0 aromatic rings. The second-order valence-corrected chi connectivity index (χ2v) is 7.14. The topological polar surface area (TPSA) is 69.6 Å². The molecule has 0 spiro atoms. The van der Waals surface area contributed by atoms with Crippen molar-refractivity contribution in [2.45, 2.75) is 68.7 Å². The molecule has 3 unspecified atom stereocenters. The summed E-state index contributed by atoms with van der Waals surface area (Å²) in [7, 11) is 0. The predicted molar refractivity (Wildman–Crippen MR) is 84.7 cm³/mol. The van der Waals surface area contributed by atoms with Crippen molar-refractivity contribution in [2.75, 3.05) is 12.8 Å². The molecule has 2 aliphatic rings. The molecule has 0 aromatic heterocycles. The number of amides is 2. The van der Waals surface area contributed by atoms with E-state index in [2.05, 4.69) is 11.6 Å². The number of thioether (sulfide) groups is 1. The van der Waals surface area contributed by atoms with E-state index in [9.17, 15) is 14.7 Å². The van der Waals surface area contributed by atoms with Crippen LogP contribution in [-0.2, 0) is 4.79 Å². The molecule has 6 heteroatoms. The quantitative estimate of drug-likeness (QED) is 0.837. The minimum atomic E-state index is -1.01. The molecule has 1 heterocycles. The van der Waals surface area contributed by atoms with Gasteiger partial charge >= 0.3 is 12.0 Å². The van der Waals surface area contributed by atoms with Crippen molar-refractivity contribution < 1.29 is 14.7 Å². The number of carbonyl (C=O) groups is 2. The molecule has 2 N–H and O–H groups in total. The molecule has 0 radical (unpaired) electrons. The van der Waals surface area contributed by atoms with Crippen LogP contribution in [0.15, 0.2) is 0 Å². The second-order valence-electron chi connectivity index (χ2n) is 6.06. The van der Waals surface area contributed by atoms with Crippen LogP contribution in [0.5, 0.6) is 0 Å². The van der Waals surface area contributed by atoms with E-state index in [4.69, 9.17) is 0 Å². The van der Waals surface area contributed by atoms with Crippen molar-refractivity contribution in [1.82, 2.24) is 10.2 Å². The maximum Gasteiger partial charge on any atom is 0.329 e. The summed E-state index contributed by atoms with van der Waals surface area (Å²) in [5.74, 6) is -0.872. The van der Waals surface area contributed by atoms with Gasteiger partial charge in [-0.2, -0.15) is 11.8 Å². The predicted octanol–water partition coefficient (Wildman–Crippen LogP) is 2.70. The zero-order valence-corrected chi connectivity index (χ0v) is 13.7. The Balaban J connectivity index is 2.06. The number of likely N-dealkylation sites (tertiary alicyclic amines) is 1. The van der Waals surface area contributed by atoms with E-state index >= 15 is 0 Å². The van der Waals surface area contributed by atoms with E-state index in [-0.39, 0.29) is 12.1 Å². The van der Waals surface area contributed by atoms with Crippen molar-refractivity contribution in [2.24, 2.45) is 0 Å². The molecule has 1 saturated carbocycles. The molecule has 1 aliphatic carbocycles. The summed E-state index contributed by atoms with van der Waals surface area (Å²) >= 11 is 1.80. The van der Waals surface area contributed by atoms with E-state index in [1.54, 1.807) is 16.7 Å². The lowest BCUT2D eigenvalue weighted by molar-refractivity contribution is -0.148. The molecule has 21 heavy (non-hydrogen) atoms. The van der Waals surface area contributed by atoms with Gasteiger partial charge in [-0.15, -0.1) is 0 Å². The highest BCUT2D eigenvalue weighted by Gasteiger charge is 2.49. The lowest BCUT2D eigenvalue weighted by Gasteiger charge is -2.37. The maximum absolute atomic E-state index is 12.6. The van der Waals surface area contributed by atoms with Crippen LogP contribution in [0.3, 0.4) is 0 Å². The van der Waals surface area contributed by atoms with Gasteiger partial charge in [0.2, 0.25) is 0 Å². The van der Waals surface area contributed by atoms with Crippen LogP contribution in [0.25, 0.3) is 0 Å². The first kappa shape index (κ1) is 16.5. The van der Waals surface area contributed by atoms with E-state index in [1.165, 1.54) is 6.42 Å². The fourth-order valence-corrected chi connectivity index (χ4v) is 4.63. The minimum absolute atomic E-state index is 0.171. The van der Waals surface area contributed by atoms with Gasteiger partial charge < -0.3 is 15.3 Å². The van der Waals surface area contributed by atoms with E-state index < -0.39 is 11.5 Å². The molecule has 1 aliphatic heterocycles. The molecule has 1 saturated heterocycles. The van der Waals surface area contributed by atoms with Crippen molar-refractivity contribution in [1.29, 1.82) is 0 Å². The highest BCUT2D eigenvalue weighted by atomic mass is 32.2. The van der Waals surface area contributed by atoms with Gasteiger partial charge in [0.05, 0.1) is 0 Å². The second kappa shape index (κ2) is 6.90. The Morgan fingerprint density at radius 2 is 2.05 bits per heavy atom. The molecule has 2 fully saturated rings. The van der Waals surface area contributed by atoms with Gasteiger partial charge in [-0.1, -0.05) is 19.8 Å². The Labute approximate surface area is 130 Å². The van der Waals surface area contributed by atoms with Crippen LogP contribution in [0, 0.1) is 0 Å². The molecular formula is C15H26N2O3S. The fraction of sp³-hybridized carbons (Fsp3) is 0.867. The Morgan fingerprint density at radius 1 is 1.33 bits per heavy atom. The zero-order chi connectivity index (χ0) is 15.5. The first-order valence-electron chi connectivity index (χ1n) is 7.89. The molecule has 0 bridgehead atoms. The Kier molecular flexibility index (Phi) is 5.41. The molecule has 3 atom stereocenters. The number of nitrogens with zero attached hydrogens (tertiary/aromatic N) is 1. The van der Waals surface area contributed by atoms with Crippen LogP contribution < -0.4 is 5.32 Å². The van der Waals surface area contributed by atoms with E-state index in [1.807, 2.05) is 6.92 Å². The molecule has 2 amide bonds. The first-order valence-corrected chi connectivity index (χ1v) is 9.18. The Hall–Kier alpha value is -0.910. The van der Waals surface area contributed by atoms with Crippen LogP contribution >= 0.6 is 11.8 Å². The van der Waals surface area contributed by atoms with Gasteiger partial charge in [0, 0.05) is 17.8 Å². The Morgan fingerprint density at radius 3 is 2.67 bits per heavy atom. The SMILES string of the molecule is CCC1(C(=O)O)CCCN1C(=O)NC1CCCCC1SC. The highest BCUT2D eigenvalue weighted by Crippen LogP contribution is 2.33. The standard InChI is InChI=1S/C15H26N2O3S/c1-3-15(13(18)19)9-6-10-17(15)14(20)16-11-7-4-5-8-12(11)21-2/h11-12H,3-10H2,1-2H3,(H,16,20)(H,18,19). The van der Waals surface area contributed by atoms with Gasteiger partial charge in [0.25, 0.3) is 0 Å². The van der Waals surface area contributed by atoms with Gasteiger partial charge in [0.15, 0.2) is 0 Å². The molecular weight excluding hydrogens is 288 g/mol. The van der Waals surface area contributed by atoms with Crippen LogP contribution in [0.1, 0.15) is 51.9 Å². The van der Waals surface area contributed by atoms with E-state index in [0.29, 0.717) is 24.6 Å². The number of rotatable bonds is 4. The third kappa shape index (κ3) is 3.15. The summed E-state index contributed by atoms with van der Waals surface area (Å²) < 4.78 is 0. The number of hydrogen-bond acceptors (Lipinski definition) is 3. The lowest BCUT2D eigenvalue weighted by Crippen LogP contribution is -2.58. The summed E-state index contributed by atoms with van der Waals surface area (Å²) in [5.41, 5.74) is -1.01. The summed E-state index contributed by atoms with van der Waals surface area (Å²) in [6.07, 6.45) is 8.36. The maximum atomic E-state index is 12.6. The van der Waals surface area contributed by atoms with Crippen molar-refractivity contribution >= 4 is 23.8 Å². The number of carbonyl (C=O) groups excluding carboxylic acids is 1. The summed E-state index contributed by atoms with van der Waals surface area (Å²) in [6.45, 7) is 2.40. The average molecular weight is 314 g/mol. The number of carboxylic acid groups (broad SMARTS) is 1. The largest absolute Gasteiger partial charge is 0.479 e. The van der Waals surface area contributed by atoms with E-state index in [0.717, 1.165) is 25.7 Å². The van der Waals surface area contributed by atoms with Crippen molar-refractivity contribution in [3.63, 3.8) is 0 Å². The van der Waals surface area contributed by atoms with Crippen LogP contribution in [0.2, 0.25) is 0 Å². The number of urea groups is 1. The fourth-order valence-electron chi connectivity index (χ4n) is 3.70. The lowest BCUT2D eigenvalue weighted by atomic mass is 9.93. The summed E-state index contributed by atoms with van der Waals surface area (Å²) in [4.78, 5) is 25.8. The highest BCUT2D eigenvalue weighted by molar-refractivity contribution is 7.99. The van der Waals surface area contributed by atoms with Gasteiger partial charge in [0.1, 0.15) is 5.54 Å². The van der Waals surface area contributed by atoms with Gasteiger partial charge in [-0.25, -0.2) is 9.59 Å². The molecule has 5 nitrogen and oxygen atoms in total. The summed E-state index contributed by atoms with van der Waals surface area (Å²) in [5, 5.41) is 13.1. The molecule has 2 rings (SSSR count). The minimum Gasteiger partial charge on any atom is -0.479 e. The molecule has 0 aromatic carbocycles. The Bertz CT molecular complexity index is 404. The third-order valence-corrected chi connectivity index (χ3v) is 6.20. The first-order chi connectivity index (χ1) is 10.0. The smallest absolute Gasteiger partial charge is 0.329 e.